The maximum atomic E-state index is 10.8. The molecule has 2 aromatic rings. The Labute approximate surface area is 97.4 Å². The zero-order chi connectivity index (χ0) is 11.8. The quantitative estimate of drug-likeness (QED) is 0.774. The standard InChI is InChI=1S/C9H10ClN3O2S/c1-13-9-3-2-7(4-5-16(10,14)15)6-8(9)11-12-13/h2-3,6H,4-5H2,1H3. The SMILES string of the molecule is Cn1nnc2cc(CCS(=O)(=O)Cl)ccc21. The largest absolute Gasteiger partial charge is 0.248 e. The number of hydrogen-bond acceptors (Lipinski definition) is 4. The molecule has 1 heterocycles. The summed E-state index contributed by atoms with van der Waals surface area (Å²) < 4.78 is 23.3. The van der Waals surface area contributed by atoms with Crippen LogP contribution >= 0.6 is 10.7 Å². The summed E-state index contributed by atoms with van der Waals surface area (Å²) in [5.74, 6) is -0.0691. The van der Waals surface area contributed by atoms with Gasteiger partial charge < -0.3 is 0 Å². The van der Waals surface area contributed by atoms with Gasteiger partial charge in [0.25, 0.3) is 0 Å². The van der Waals surface area contributed by atoms with E-state index in [9.17, 15) is 8.42 Å². The lowest BCUT2D eigenvalue weighted by atomic mass is 10.1. The summed E-state index contributed by atoms with van der Waals surface area (Å²) in [4.78, 5) is 0. The van der Waals surface area contributed by atoms with Crippen LogP contribution < -0.4 is 0 Å². The first-order valence-electron chi connectivity index (χ1n) is 4.66. The summed E-state index contributed by atoms with van der Waals surface area (Å²) >= 11 is 0. The van der Waals surface area contributed by atoms with E-state index < -0.39 is 9.05 Å². The number of nitrogens with zero attached hydrogens (tertiary/aromatic N) is 3. The van der Waals surface area contributed by atoms with Crippen molar-refractivity contribution in [1.29, 1.82) is 0 Å². The molecule has 0 radical (unpaired) electrons. The molecule has 0 fully saturated rings. The van der Waals surface area contributed by atoms with Crippen molar-refractivity contribution in [3.05, 3.63) is 23.8 Å². The molecule has 0 N–H and O–H groups in total. The van der Waals surface area contributed by atoms with E-state index in [4.69, 9.17) is 10.7 Å². The first-order valence-corrected chi connectivity index (χ1v) is 7.14. The van der Waals surface area contributed by atoms with Crippen molar-refractivity contribution < 1.29 is 8.42 Å². The van der Waals surface area contributed by atoms with Crippen LogP contribution in [0.5, 0.6) is 0 Å². The molecule has 1 aromatic heterocycles. The molecular weight excluding hydrogens is 250 g/mol. The van der Waals surface area contributed by atoms with Gasteiger partial charge in [0.2, 0.25) is 9.05 Å². The fraction of sp³-hybridized carbons (Fsp3) is 0.333. The first-order chi connectivity index (χ1) is 7.46. The van der Waals surface area contributed by atoms with Gasteiger partial charge in [-0.3, -0.25) is 0 Å². The molecule has 0 spiro atoms. The van der Waals surface area contributed by atoms with Crippen LogP contribution in [-0.2, 0) is 22.5 Å². The Kier molecular flexibility index (Phi) is 2.86. The monoisotopic (exact) mass is 259 g/mol. The second-order valence-corrected chi connectivity index (χ2v) is 6.43. The molecule has 0 bridgehead atoms. The normalized spacial score (nSPS) is 12.1. The van der Waals surface area contributed by atoms with Crippen LogP contribution in [0.4, 0.5) is 0 Å². The lowest BCUT2D eigenvalue weighted by molar-refractivity contribution is 0.609. The van der Waals surface area contributed by atoms with Crippen molar-refractivity contribution in [2.75, 3.05) is 5.75 Å². The third-order valence-electron chi connectivity index (χ3n) is 2.31. The molecule has 0 atom stereocenters. The topological polar surface area (TPSA) is 64.8 Å². The average molecular weight is 260 g/mol. The van der Waals surface area contributed by atoms with E-state index in [1.54, 1.807) is 11.7 Å². The van der Waals surface area contributed by atoms with Crippen LogP contribution in [0.2, 0.25) is 0 Å². The van der Waals surface area contributed by atoms with Crippen molar-refractivity contribution >= 4 is 30.8 Å². The van der Waals surface area contributed by atoms with Gasteiger partial charge in [0.1, 0.15) is 5.52 Å². The van der Waals surface area contributed by atoms with E-state index >= 15 is 0 Å². The third-order valence-corrected chi connectivity index (χ3v) is 3.46. The minimum Gasteiger partial charge on any atom is -0.248 e. The second-order valence-electron chi connectivity index (χ2n) is 3.53. The van der Waals surface area contributed by atoms with Gasteiger partial charge >= 0.3 is 0 Å². The molecule has 0 aliphatic rings. The highest BCUT2D eigenvalue weighted by Gasteiger charge is 2.07. The van der Waals surface area contributed by atoms with E-state index in [1.807, 2.05) is 18.2 Å². The molecule has 16 heavy (non-hydrogen) atoms. The Balaban J connectivity index is 2.26. The van der Waals surface area contributed by atoms with Crippen LogP contribution in [0.25, 0.3) is 11.0 Å². The Morgan fingerprint density at radius 3 is 2.88 bits per heavy atom. The minimum atomic E-state index is -3.44. The number of aryl methyl sites for hydroxylation is 2. The number of hydrogen-bond donors (Lipinski definition) is 0. The fourth-order valence-corrected chi connectivity index (χ4v) is 2.19. The van der Waals surface area contributed by atoms with Crippen molar-refractivity contribution in [3.8, 4) is 0 Å². The van der Waals surface area contributed by atoms with E-state index in [1.165, 1.54) is 0 Å². The first kappa shape index (κ1) is 11.3. The highest BCUT2D eigenvalue weighted by atomic mass is 35.7. The number of aromatic nitrogens is 3. The summed E-state index contributed by atoms with van der Waals surface area (Å²) in [5, 5.41) is 7.82. The van der Waals surface area contributed by atoms with Gasteiger partial charge in [-0.15, -0.1) is 5.10 Å². The number of rotatable bonds is 3. The van der Waals surface area contributed by atoms with Gasteiger partial charge in [-0.2, -0.15) is 0 Å². The Hall–Kier alpha value is -1.14. The number of benzene rings is 1. The Morgan fingerprint density at radius 1 is 1.44 bits per heavy atom. The van der Waals surface area contributed by atoms with E-state index in [-0.39, 0.29) is 5.75 Å². The zero-order valence-electron chi connectivity index (χ0n) is 8.59. The number of halogens is 1. The molecule has 0 saturated heterocycles. The van der Waals surface area contributed by atoms with Crippen molar-refractivity contribution in [1.82, 2.24) is 15.0 Å². The summed E-state index contributed by atoms with van der Waals surface area (Å²) in [7, 11) is 3.51. The molecule has 1 aromatic carbocycles. The molecule has 0 unspecified atom stereocenters. The van der Waals surface area contributed by atoms with E-state index in [2.05, 4.69) is 10.3 Å². The molecule has 7 heteroatoms. The molecule has 0 aliphatic heterocycles. The molecule has 2 rings (SSSR count). The predicted molar refractivity (Wildman–Crippen MR) is 61.9 cm³/mol. The third kappa shape index (κ3) is 2.51. The van der Waals surface area contributed by atoms with Crippen LogP contribution in [0.15, 0.2) is 18.2 Å². The van der Waals surface area contributed by atoms with Gasteiger partial charge in [0.15, 0.2) is 0 Å². The molecule has 5 nitrogen and oxygen atoms in total. The van der Waals surface area contributed by atoms with Crippen LogP contribution in [0.3, 0.4) is 0 Å². The molecular formula is C9H10ClN3O2S. The Morgan fingerprint density at radius 2 is 2.19 bits per heavy atom. The lowest BCUT2D eigenvalue weighted by Crippen LogP contribution is -2.00. The average Bonchev–Trinajstić information content (AvgIpc) is 2.56. The van der Waals surface area contributed by atoms with Gasteiger partial charge in [-0.25, -0.2) is 13.1 Å². The van der Waals surface area contributed by atoms with Crippen LogP contribution in [-0.4, -0.2) is 29.2 Å². The summed E-state index contributed by atoms with van der Waals surface area (Å²) in [5.41, 5.74) is 2.56. The second kappa shape index (κ2) is 4.03. The minimum absolute atomic E-state index is 0.0691. The molecule has 86 valence electrons. The maximum absolute atomic E-state index is 10.8. The summed E-state index contributed by atoms with van der Waals surface area (Å²) in [6, 6.07) is 5.55. The lowest BCUT2D eigenvalue weighted by Gasteiger charge is -1.99. The van der Waals surface area contributed by atoms with Gasteiger partial charge in [0, 0.05) is 17.7 Å². The van der Waals surface area contributed by atoms with E-state index in [0.29, 0.717) is 6.42 Å². The van der Waals surface area contributed by atoms with Crippen molar-refractivity contribution in [2.45, 2.75) is 6.42 Å². The Bertz CT molecular complexity index is 621. The number of fused-ring (bicyclic) bond motifs is 1. The highest BCUT2D eigenvalue weighted by Crippen LogP contribution is 2.13. The maximum Gasteiger partial charge on any atom is 0.232 e. The van der Waals surface area contributed by atoms with Crippen molar-refractivity contribution in [3.63, 3.8) is 0 Å². The smallest absolute Gasteiger partial charge is 0.232 e. The van der Waals surface area contributed by atoms with Gasteiger partial charge in [-0.05, 0) is 24.1 Å². The highest BCUT2D eigenvalue weighted by molar-refractivity contribution is 8.13. The zero-order valence-corrected chi connectivity index (χ0v) is 10.2. The molecule has 0 saturated carbocycles. The molecule has 0 amide bonds. The van der Waals surface area contributed by atoms with Crippen LogP contribution in [0.1, 0.15) is 5.56 Å². The molecule has 0 aliphatic carbocycles. The summed E-state index contributed by atoms with van der Waals surface area (Å²) in [6.45, 7) is 0. The predicted octanol–water partition coefficient (Wildman–Crippen LogP) is 1.08. The fourth-order valence-electron chi connectivity index (χ4n) is 1.48. The van der Waals surface area contributed by atoms with Gasteiger partial charge in [0.05, 0.1) is 11.3 Å². The van der Waals surface area contributed by atoms with Gasteiger partial charge in [-0.1, -0.05) is 11.3 Å². The van der Waals surface area contributed by atoms with Crippen LogP contribution in [0, 0.1) is 0 Å². The van der Waals surface area contributed by atoms with Crippen molar-refractivity contribution in [2.24, 2.45) is 7.05 Å². The summed E-state index contributed by atoms with van der Waals surface area (Å²) in [6.07, 6.45) is 0.387. The van der Waals surface area contributed by atoms with E-state index in [0.717, 1.165) is 16.6 Å².